The van der Waals surface area contributed by atoms with Crippen molar-refractivity contribution in [3.63, 3.8) is 0 Å². The lowest BCUT2D eigenvalue weighted by molar-refractivity contribution is 0.0172. The van der Waals surface area contributed by atoms with E-state index in [0.717, 1.165) is 30.6 Å². The summed E-state index contributed by atoms with van der Waals surface area (Å²) < 4.78 is 5.44. The number of ether oxygens (including phenoxy) is 1. The number of carboxylic acids is 1. The van der Waals surface area contributed by atoms with Crippen molar-refractivity contribution in [1.82, 2.24) is 4.90 Å². The van der Waals surface area contributed by atoms with Crippen LogP contribution < -0.4 is 5.32 Å². The van der Waals surface area contributed by atoms with Crippen molar-refractivity contribution < 1.29 is 19.4 Å². The number of rotatable bonds is 1. The fraction of sp³-hybridized carbons (Fsp3) is 0.556. The van der Waals surface area contributed by atoms with Crippen LogP contribution in [0, 0.1) is 0 Å². The van der Waals surface area contributed by atoms with Crippen LogP contribution in [0.4, 0.5) is 10.5 Å². The average Bonchev–Trinajstić information content (AvgIpc) is 2.84. The fourth-order valence-electron chi connectivity index (χ4n) is 3.52. The Hall–Kier alpha value is -2.24. The Labute approximate surface area is 141 Å². The number of nitrogens with zero attached hydrogens (tertiary/aromatic N) is 1. The summed E-state index contributed by atoms with van der Waals surface area (Å²) >= 11 is 0. The van der Waals surface area contributed by atoms with Gasteiger partial charge in [0, 0.05) is 30.7 Å². The summed E-state index contributed by atoms with van der Waals surface area (Å²) in [7, 11) is 0. The van der Waals surface area contributed by atoms with Gasteiger partial charge in [0.05, 0.1) is 5.56 Å². The van der Waals surface area contributed by atoms with E-state index in [1.54, 1.807) is 17.0 Å². The third-order valence-electron chi connectivity index (χ3n) is 4.83. The predicted molar refractivity (Wildman–Crippen MR) is 90.6 cm³/mol. The van der Waals surface area contributed by atoms with Gasteiger partial charge in [-0.2, -0.15) is 0 Å². The molecule has 130 valence electrons. The summed E-state index contributed by atoms with van der Waals surface area (Å²) in [5.41, 5.74) is 1.78. The number of anilines is 1. The standard InChI is InChI=1S/C18H24N2O4/c1-17(2,3)24-16(23)20-8-6-18(7-9-20)11-19-14-5-4-12(15(21)22)10-13(14)18/h4-5,10,19H,6-9,11H2,1-3H3,(H,21,22). The molecule has 2 N–H and O–H groups in total. The van der Waals surface area contributed by atoms with Gasteiger partial charge in [-0.1, -0.05) is 0 Å². The summed E-state index contributed by atoms with van der Waals surface area (Å²) in [4.78, 5) is 25.2. The Morgan fingerprint density at radius 2 is 1.92 bits per heavy atom. The summed E-state index contributed by atoms with van der Waals surface area (Å²) in [5, 5.41) is 12.6. The molecule has 1 spiro atoms. The molecule has 24 heavy (non-hydrogen) atoms. The maximum Gasteiger partial charge on any atom is 0.410 e. The van der Waals surface area contributed by atoms with Crippen molar-refractivity contribution in [2.24, 2.45) is 0 Å². The summed E-state index contributed by atoms with van der Waals surface area (Å²) in [6.45, 7) is 7.61. The zero-order valence-electron chi connectivity index (χ0n) is 14.4. The van der Waals surface area contributed by atoms with Crippen LogP contribution in [0.3, 0.4) is 0 Å². The van der Waals surface area contributed by atoms with E-state index in [1.807, 2.05) is 26.8 Å². The number of carbonyl (C=O) groups is 2. The first-order valence-electron chi connectivity index (χ1n) is 8.30. The number of carboxylic acid groups (broad SMARTS) is 1. The van der Waals surface area contributed by atoms with E-state index in [2.05, 4.69) is 5.32 Å². The van der Waals surface area contributed by atoms with Crippen LogP contribution in [0.2, 0.25) is 0 Å². The van der Waals surface area contributed by atoms with Gasteiger partial charge in [-0.05, 0) is 57.4 Å². The molecule has 0 atom stereocenters. The van der Waals surface area contributed by atoms with E-state index >= 15 is 0 Å². The predicted octanol–water partition coefficient (Wildman–Crippen LogP) is 3.08. The molecule has 6 heteroatoms. The van der Waals surface area contributed by atoms with Gasteiger partial charge in [-0.25, -0.2) is 9.59 Å². The highest BCUT2D eigenvalue weighted by molar-refractivity contribution is 5.89. The molecule has 1 aromatic rings. The Morgan fingerprint density at radius 3 is 2.50 bits per heavy atom. The molecule has 6 nitrogen and oxygen atoms in total. The summed E-state index contributed by atoms with van der Waals surface area (Å²) in [6, 6.07) is 5.25. The van der Waals surface area contributed by atoms with Gasteiger partial charge in [0.15, 0.2) is 0 Å². The molecule has 3 rings (SSSR count). The molecule has 1 amide bonds. The third-order valence-corrected chi connectivity index (χ3v) is 4.83. The first kappa shape index (κ1) is 16.6. The van der Waals surface area contributed by atoms with Gasteiger partial charge >= 0.3 is 12.1 Å². The monoisotopic (exact) mass is 332 g/mol. The summed E-state index contributed by atoms with van der Waals surface area (Å²) in [5.74, 6) is -0.911. The molecule has 2 aliphatic heterocycles. The lowest BCUT2D eigenvalue weighted by Gasteiger charge is -2.39. The Kier molecular flexibility index (Phi) is 3.94. The molecule has 2 heterocycles. The van der Waals surface area contributed by atoms with Crippen LogP contribution >= 0.6 is 0 Å². The molecule has 0 saturated carbocycles. The van der Waals surface area contributed by atoms with Gasteiger partial charge in [-0.15, -0.1) is 0 Å². The van der Waals surface area contributed by atoms with Crippen molar-refractivity contribution in [2.75, 3.05) is 25.0 Å². The van der Waals surface area contributed by atoms with Crippen molar-refractivity contribution >= 4 is 17.7 Å². The molecular weight excluding hydrogens is 308 g/mol. The number of carbonyl (C=O) groups excluding carboxylic acids is 1. The second kappa shape index (κ2) is 5.69. The first-order chi connectivity index (χ1) is 11.2. The van der Waals surface area contributed by atoms with Crippen molar-refractivity contribution in [2.45, 2.75) is 44.6 Å². The van der Waals surface area contributed by atoms with E-state index in [4.69, 9.17) is 4.74 Å². The highest BCUT2D eigenvalue weighted by Gasteiger charge is 2.43. The van der Waals surface area contributed by atoms with Crippen molar-refractivity contribution in [3.8, 4) is 0 Å². The van der Waals surface area contributed by atoms with Gasteiger partial charge in [0.1, 0.15) is 5.60 Å². The van der Waals surface area contributed by atoms with Crippen LogP contribution in [-0.4, -0.2) is 47.3 Å². The largest absolute Gasteiger partial charge is 0.478 e. The highest BCUT2D eigenvalue weighted by atomic mass is 16.6. The molecule has 1 fully saturated rings. The molecule has 0 radical (unpaired) electrons. The van der Waals surface area contributed by atoms with Crippen molar-refractivity contribution in [1.29, 1.82) is 0 Å². The third kappa shape index (κ3) is 3.05. The number of piperidine rings is 1. The zero-order valence-corrected chi connectivity index (χ0v) is 14.4. The lowest BCUT2D eigenvalue weighted by atomic mass is 9.74. The van der Waals surface area contributed by atoms with E-state index in [0.29, 0.717) is 18.7 Å². The van der Waals surface area contributed by atoms with Crippen LogP contribution in [0.1, 0.15) is 49.5 Å². The molecular formula is C18H24N2O4. The number of hydrogen-bond donors (Lipinski definition) is 2. The molecule has 1 saturated heterocycles. The molecule has 0 unspecified atom stereocenters. The number of aromatic carboxylic acids is 1. The number of nitrogens with one attached hydrogen (secondary N) is 1. The quantitative estimate of drug-likeness (QED) is 0.826. The maximum atomic E-state index is 12.2. The molecule has 0 bridgehead atoms. The minimum Gasteiger partial charge on any atom is -0.478 e. The fourth-order valence-corrected chi connectivity index (χ4v) is 3.52. The maximum absolute atomic E-state index is 12.2. The number of likely N-dealkylation sites (tertiary alicyclic amines) is 1. The normalized spacial score (nSPS) is 18.9. The number of hydrogen-bond acceptors (Lipinski definition) is 4. The zero-order chi connectivity index (χ0) is 17.5. The Bertz CT molecular complexity index is 670. The second-order valence-corrected chi connectivity index (χ2v) is 7.67. The van der Waals surface area contributed by atoms with Crippen molar-refractivity contribution in [3.05, 3.63) is 29.3 Å². The van der Waals surface area contributed by atoms with Crippen LogP contribution in [0.5, 0.6) is 0 Å². The van der Waals surface area contributed by atoms with Crippen LogP contribution in [0.25, 0.3) is 0 Å². The number of amides is 1. The molecule has 0 aliphatic carbocycles. The van der Waals surface area contributed by atoms with Crippen LogP contribution in [0.15, 0.2) is 18.2 Å². The second-order valence-electron chi connectivity index (χ2n) is 7.67. The number of benzene rings is 1. The van der Waals surface area contributed by atoms with E-state index in [9.17, 15) is 14.7 Å². The Morgan fingerprint density at radius 1 is 1.25 bits per heavy atom. The van der Waals surface area contributed by atoms with E-state index in [1.165, 1.54) is 0 Å². The highest BCUT2D eigenvalue weighted by Crippen LogP contribution is 2.44. The lowest BCUT2D eigenvalue weighted by Crippen LogP contribution is -2.47. The minimum atomic E-state index is -0.911. The topological polar surface area (TPSA) is 78.9 Å². The SMILES string of the molecule is CC(C)(C)OC(=O)N1CCC2(CC1)CNc1ccc(C(=O)O)cc12. The Balaban J connectivity index is 1.75. The van der Waals surface area contributed by atoms with E-state index in [-0.39, 0.29) is 11.5 Å². The van der Waals surface area contributed by atoms with E-state index < -0.39 is 11.6 Å². The molecule has 1 aromatic carbocycles. The molecule has 2 aliphatic rings. The molecule has 0 aromatic heterocycles. The number of fused-ring (bicyclic) bond motifs is 2. The van der Waals surface area contributed by atoms with Gasteiger partial charge in [0.2, 0.25) is 0 Å². The minimum absolute atomic E-state index is 0.0979. The first-order valence-corrected chi connectivity index (χ1v) is 8.30. The summed E-state index contributed by atoms with van der Waals surface area (Å²) in [6.07, 6.45) is 1.33. The van der Waals surface area contributed by atoms with Crippen LogP contribution in [-0.2, 0) is 10.2 Å². The van der Waals surface area contributed by atoms with Gasteiger partial charge in [0.25, 0.3) is 0 Å². The smallest absolute Gasteiger partial charge is 0.410 e. The average molecular weight is 332 g/mol. The van der Waals surface area contributed by atoms with Gasteiger partial charge in [-0.3, -0.25) is 0 Å². The van der Waals surface area contributed by atoms with Gasteiger partial charge < -0.3 is 20.1 Å².